The Kier molecular flexibility index (Phi) is 5.28. The molecule has 1 aromatic heterocycles. The molecule has 0 saturated heterocycles. The molecular formula is C11H10F5NO4. The van der Waals surface area contributed by atoms with Gasteiger partial charge in [-0.2, -0.15) is 0 Å². The number of nitrogens with zero attached hydrogens (tertiary/aromatic N) is 1. The van der Waals surface area contributed by atoms with Crippen LogP contribution in [0.4, 0.5) is 22.0 Å². The van der Waals surface area contributed by atoms with Crippen LogP contribution in [0.2, 0.25) is 0 Å². The number of ether oxygens (including phenoxy) is 3. The minimum Gasteiger partial charge on any atom is -0.492 e. The van der Waals surface area contributed by atoms with Gasteiger partial charge in [0.25, 0.3) is 6.43 Å². The highest BCUT2D eigenvalue weighted by atomic mass is 19.4. The summed E-state index contributed by atoms with van der Waals surface area (Å²) < 4.78 is 75.0. The predicted octanol–water partition coefficient (Wildman–Crippen LogP) is 3.10. The maximum atomic E-state index is 12.7. The molecule has 0 aliphatic rings. The molecule has 0 aliphatic carbocycles. The molecule has 118 valence electrons. The largest absolute Gasteiger partial charge is 0.573 e. The lowest BCUT2D eigenvalue weighted by Crippen LogP contribution is -2.20. The zero-order chi connectivity index (χ0) is 16.2. The highest BCUT2D eigenvalue weighted by Gasteiger charge is 2.37. The Balaban J connectivity index is 3.45. The molecule has 0 aromatic carbocycles. The number of rotatable bonds is 5. The van der Waals surface area contributed by atoms with E-state index in [1.54, 1.807) is 0 Å². The number of methoxy groups -OCH3 is 1. The maximum absolute atomic E-state index is 12.7. The van der Waals surface area contributed by atoms with Crippen molar-refractivity contribution in [2.45, 2.75) is 19.7 Å². The number of carbonyl (C=O) groups excluding carboxylic acids is 1. The van der Waals surface area contributed by atoms with Gasteiger partial charge in [-0.15, -0.1) is 13.2 Å². The standard InChI is InChI=1S/C11H10F5NO4/c1-3-20-10(18)5-4-17-6(9(12)13)8(7(5)19-2)21-11(14,15)16/h4,9H,3H2,1-2H3. The topological polar surface area (TPSA) is 57.7 Å². The fourth-order valence-corrected chi connectivity index (χ4v) is 1.42. The van der Waals surface area contributed by atoms with Gasteiger partial charge in [0.05, 0.1) is 13.7 Å². The lowest BCUT2D eigenvalue weighted by molar-refractivity contribution is -0.275. The van der Waals surface area contributed by atoms with Crippen LogP contribution in [0, 0.1) is 0 Å². The molecule has 0 saturated carbocycles. The van der Waals surface area contributed by atoms with Crippen molar-refractivity contribution in [3.05, 3.63) is 17.5 Å². The van der Waals surface area contributed by atoms with E-state index in [2.05, 4.69) is 19.2 Å². The predicted molar refractivity (Wildman–Crippen MR) is 58.4 cm³/mol. The number of alkyl halides is 5. The van der Waals surface area contributed by atoms with Crippen LogP contribution in [0.1, 0.15) is 29.4 Å². The number of halogens is 5. The molecule has 21 heavy (non-hydrogen) atoms. The van der Waals surface area contributed by atoms with Crippen molar-refractivity contribution in [3.63, 3.8) is 0 Å². The molecule has 1 heterocycles. The molecule has 0 amide bonds. The van der Waals surface area contributed by atoms with Crippen molar-refractivity contribution in [2.75, 3.05) is 13.7 Å². The number of hydrogen-bond acceptors (Lipinski definition) is 5. The van der Waals surface area contributed by atoms with Crippen molar-refractivity contribution >= 4 is 5.97 Å². The number of aromatic nitrogens is 1. The van der Waals surface area contributed by atoms with E-state index >= 15 is 0 Å². The van der Waals surface area contributed by atoms with Crippen LogP contribution in [0.25, 0.3) is 0 Å². The molecule has 0 fully saturated rings. The summed E-state index contributed by atoms with van der Waals surface area (Å²) in [5.74, 6) is -3.27. The molecule has 0 atom stereocenters. The summed E-state index contributed by atoms with van der Waals surface area (Å²) in [7, 11) is 0.899. The average molecular weight is 315 g/mol. The number of esters is 1. The summed E-state index contributed by atoms with van der Waals surface area (Å²) in [5, 5.41) is 0. The summed E-state index contributed by atoms with van der Waals surface area (Å²) >= 11 is 0. The van der Waals surface area contributed by atoms with E-state index in [0.717, 1.165) is 7.11 Å². The van der Waals surface area contributed by atoms with Crippen LogP contribution >= 0.6 is 0 Å². The van der Waals surface area contributed by atoms with Gasteiger partial charge < -0.3 is 14.2 Å². The molecule has 1 rings (SSSR count). The molecular weight excluding hydrogens is 305 g/mol. The van der Waals surface area contributed by atoms with E-state index < -0.39 is 41.5 Å². The van der Waals surface area contributed by atoms with Crippen LogP contribution in [-0.4, -0.2) is 31.0 Å². The van der Waals surface area contributed by atoms with Crippen LogP contribution in [0.15, 0.2) is 6.20 Å². The van der Waals surface area contributed by atoms with E-state index in [4.69, 9.17) is 0 Å². The fourth-order valence-electron chi connectivity index (χ4n) is 1.42. The van der Waals surface area contributed by atoms with Gasteiger partial charge in [-0.05, 0) is 6.92 Å². The van der Waals surface area contributed by atoms with Gasteiger partial charge in [0.15, 0.2) is 17.2 Å². The molecule has 0 unspecified atom stereocenters. The third-order valence-electron chi connectivity index (χ3n) is 2.14. The second-order valence-corrected chi connectivity index (χ2v) is 3.49. The van der Waals surface area contributed by atoms with Crippen LogP contribution in [-0.2, 0) is 4.74 Å². The van der Waals surface area contributed by atoms with Gasteiger partial charge in [0.2, 0.25) is 0 Å². The fraction of sp³-hybridized carbons (Fsp3) is 0.455. The number of pyridine rings is 1. The number of carbonyl (C=O) groups is 1. The highest BCUT2D eigenvalue weighted by Crippen LogP contribution is 2.41. The summed E-state index contributed by atoms with van der Waals surface area (Å²) in [5.41, 5.74) is -1.85. The van der Waals surface area contributed by atoms with Crippen LogP contribution in [0.5, 0.6) is 11.5 Å². The first kappa shape index (κ1) is 16.9. The Bertz CT molecular complexity index is 518. The van der Waals surface area contributed by atoms with Gasteiger partial charge >= 0.3 is 12.3 Å². The molecule has 0 aliphatic heterocycles. The van der Waals surface area contributed by atoms with Crippen molar-refractivity contribution in [3.8, 4) is 11.5 Å². The monoisotopic (exact) mass is 315 g/mol. The summed E-state index contributed by atoms with van der Waals surface area (Å²) in [6.07, 6.45) is -7.97. The molecule has 0 N–H and O–H groups in total. The lowest BCUT2D eigenvalue weighted by atomic mass is 10.2. The Labute approximate surface area is 115 Å². The lowest BCUT2D eigenvalue weighted by Gasteiger charge is -2.17. The van der Waals surface area contributed by atoms with E-state index in [9.17, 15) is 26.7 Å². The Morgan fingerprint density at radius 3 is 2.38 bits per heavy atom. The second-order valence-electron chi connectivity index (χ2n) is 3.49. The first-order valence-corrected chi connectivity index (χ1v) is 5.49. The van der Waals surface area contributed by atoms with Gasteiger partial charge in [-0.1, -0.05) is 0 Å². The minimum atomic E-state index is -5.26. The van der Waals surface area contributed by atoms with E-state index in [-0.39, 0.29) is 6.61 Å². The Morgan fingerprint density at radius 1 is 1.33 bits per heavy atom. The quantitative estimate of drug-likeness (QED) is 0.617. The highest BCUT2D eigenvalue weighted by molar-refractivity contribution is 5.93. The van der Waals surface area contributed by atoms with Crippen molar-refractivity contribution < 1.29 is 41.0 Å². The zero-order valence-corrected chi connectivity index (χ0v) is 10.8. The molecule has 5 nitrogen and oxygen atoms in total. The summed E-state index contributed by atoms with van der Waals surface area (Å²) in [6, 6.07) is 0. The van der Waals surface area contributed by atoms with Crippen molar-refractivity contribution in [1.29, 1.82) is 0 Å². The second kappa shape index (κ2) is 6.55. The third-order valence-corrected chi connectivity index (χ3v) is 2.14. The van der Waals surface area contributed by atoms with Crippen LogP contribution in [0.3, 0.4) is 0 Å². The normalized spacial score (nSPS) is 11.4. The SMILES string of the molecule is CCOC(=O)c1cnc(C(F)F)c(OC(F)(F)F)c1OC. The van der Waals surface area contributed by atoms with Gasteiger partial charge in [0, 0.05) is 6.20 Å². The van der Waals surface area contributed by atoms with Gasteiger partial charge in [-0.3, -0.25) is 4.98 Å². The summed E-state index contributed by atoms with van der Waals surface area (Å²) in [4.78, 5) is 14.7. The first-order valence-electron chi connectivity index (χ1n) is 5.49. The Morgan fingerprint density at radius 2 is 1.95 bits per heavy atom. The first-order chi connectivity index (χ1) is 9.71. The van der Waals surface area contributed by atoms with Gasteiger partial charge in [0.1, 0.15) is 5.56 Å². The third kappa shape index (κ3) is 4.17. The molecule has 10 heteroatoms. The maximum Gasteiger partial charge on any atom is 0.573 e. The van der Waals surface area contributed by atoms with Crippen molar-refractivity contribution in [2.24, 2.45) is 0 Å². The molecule has 0 bridgehead atoms. The van der Waals surface area contributed by atoms with E-state index in [0.29, 0.717) is 6.20 Å². The number of hydrogen-bond donors (Lipinski definition) is 0. The smallest absolute Gasteiger partial charge is 0.492 e. The van der Waals surface area contributed by atoms with Gasteiger partial charge in [-0.25, -0.2) is 13.6 Å². The molecule has 0 radical (unpaired) electrons. The summed E-state index contributed by atoms with van der Waals surface area (Å²) in [6.45, 7) is 1.38. The minimum absolute atomic E-state index is 0.0753. The van der Waals surface area contributed by atoms with E-state index in [1.165, 1.54) is 6.92 Å². The zero-order valence-electron chi connectivity index (χ0n) is 10.8. The molecule has 0 spiro atoms. The van der Waals surface area contributed by atoms with E-state index in [1.807, 2.05) is 0 Å². The molecule has 1 aromatic rings. The van der Waals surface area contributed by atoms with Crippen LogP contribution < -0.4 is 9.47 Å². The average Bonchev–Trinajstić information content (AvgIpc) is 2.36. The van der Waals surface area contributed by atoms with Crippen molar-refractivity contribution in [1.82, 2.24) is 4.98 Å². The Hall–Kier alpha value is -2.13.